The number of rotatable bonds is 9. The maximum Gasteiger partial charge on any atom is 0.407 e. The van der Waals surface area contributed by atoms with Crippen molar-refractivity contribution in [3.8, 4) is 0 Å². The molecule has 3 aromatic heterocycles. The minimum atomic E-state index is -1.07. The highest BCUT2D eigenvalue weighted by molar-refractivity contribution is 6.10. The number of halogens is 1. The first-order valence-corrected chi connectivity index (χ1v) is 13.4. The monoisotopic (exact) mass is 602 g/mol. The molecule has 0 aliphatic carbocycles. The third-order valence-electron chi connectivity index (χ3n) is 6.06. The van der Waals surface area contributed by atoms with Crippen LogP contribution in [0.5, 0.6) is 0 Å². The summed E-state index contributed by atoms with van der Waals surface area (Å²) in [5, 5.41) is 9.64. The number of hydrazine groups is 1. The third-order valence-corrected chi connectivity index (χ3v) is 6.06. The summed E-state index contributed by atoms with van der Waals surface area (Å²) in [5.74, 6) is -3.22. The molecule has 3 heterocycles. The Labute approximate surface area is 252 Å². The zero-order valence-electron chi connectivity index (χ0n) is 24.4. The van der Waals surface area contributed by atoms with Crippen molar-refractivity contribution in [1.29, 1.82) is 0 Å². The highest BCUT2D eigenvalue weighted by Gasteiger charge is 2.24. The molecule has 4 rings (SSSR count). The van der Waals surface area contributed by atoms with Crippen molar-refractivity contribution in [3.05, 3.63) is 101 Å². The fourth-order valence-electron chi connectivity index (χ4n) is 4.00. The lowest BCUT2D eigenvalue weighted by atomic mass is 9.98. The van der Waals surface area contributed by atoms with Gasteiger partial charge in [0, 0.05) is 43.0 Å². The largest absolute Gasteiger partial charge is 0.444 e. The molecular formula is C30H31FN8O5. The molecule has 14 heteroatoms. The summed E-state index contributed by atoms with van der Waals surface area (Å²) >= 11 is 0. The van der Waals surface area contributed by atoms with E-state index in [9.17, 15) is 23.6 Å². The molecule has 0 aliphatic rings. The van der Waals surface area contributed by atoms with Gasteiger partial charge in [-0.1, -0.05) is 30.3 Å². The Kier molecular flexibility index (Phi) is 9.63. The molecule has 0 radical (unpaired) electrons. The number of alkyl carbamates (subject to hydrolysis) is 1. The van der Waals surface area contributed by atoms with Crippen LogP contribution in [0.1, 0.15) is 58.7 Å². The average Bonchev–Trinajstić information content (AvgIpc) is 3.38. The van der Waals surface area contributed by atoms with Gasteiger partial charge in [-0.05, 0) is 44.5 Å². The average molecular weight is 603 g/mol. The van der Waals surface area contributed by atoms with Crippen LogP contribution in [0.25, 0.3) is 0 Å². The van der Waals surface area contributed by atoms with E-state index in [0.717, 1.165) is 12.1 Å². The predicted octanol–water partition coefficient (Wildman–Crippen LogP) is 3.39. The zero-order valence-corrected chi connectivity index (χ0v) is 24.4. The number of carbonyl (C=O) groups is 4. The molecule has 1 atom stereocenters. The summed E-state index contributed by atoms with van der Waals surface area (Å²) in [4.78, 5) is 59.1. The van der Waals surface area contributed by atoms with Gasteiger partial charge in [-0.25, -0.2) is 14.8 Å². The Bertz CT molecular complexity index is 1670. The number of anilines is 2. The number of carbonyl (C=O) groups excluding carboxylic acids is 4. The number of benzene rings is 1. The van der Waals surface area contributed by atoms with E-state index in [1.807, 2.05) is 0 Å². The number of nitrogens with one attached hydrogen (secondary N) is 4. The van der Waals surface area contributed by atoms with Crippen LogP contribution in [-0.2, 0) is 16.6 Å². The van der Waals surface area contributed by atoms with Crippen LogP contribution >= 0.6 is 0 Å². The first kappa shape index (κ1) is 31.3. The molecule has 1 unspecified atom stereocenters. The number of hydrogen-bond acceptors (Lipinski definition) is 9. The van der Waals surface area contributed by atoms with Gasteiger partial charge in [0.2, 0.25) is 11.9 Å². The van der Waals surface area contributed by atoms with Crippen molar-refractivity contribution in [3.63, 3.8) is 0 Å². The van der Waals surface area contributed by atoms with Crippen LogP contribution in [0.15, 0.2) is 73.1 Å². The molecular weight excluding hydrogens is 571 g/mol. The molecule has 1 aromatic carbocycles. The second-order valence-corrected chi connectivity index (χ2v) is 10.6. The maximum absolute atomic E-state index is 14.5. The summed E-state index contributed by atoms with van der Waals surface area (Å²) in [6.07, 6.45) is 2.29. The van der Waals surface area contributed by atoms with E-state index in [1.54, 1.807) is 75.1 Å². The molecule has 228 valence electrons. The van der Waals surface area contributed by atoms with Crippen molar-refractivity contribution in [2.75, 3.05) is 11.9 Å². The molecule has 0 aliphatic heterocycles. The lowest BCUT2D eigenvalue weighted by Crippen LogP contribution is -2.47. The maximum atomic E-state index is 14.5. The Balaban J connectivity index is 1.45. The van der Waals surface area contributed by atoms with Gasteiger partial charge in [-0.3, -0.25) is 29.9 Å². The molecule has 3 amide bonds. The number of pyridine rings is 2. The number of aryl methyl sites for hydroxylation is 1. The van der Waals surface area contributed by atoms with E-state index in [0.29, 0.717) is 17.2 Å². The smallest absolute Gasteiger partial charge is 0.407 e. The number of amides is 3. The highest BCUT2D eigenvalue weighted by atomic mass is 19.1. The number of aromatic nitrogens is 4. The first-order valence-electron chi connectivity index (χ1n) is 13.4. The van der Waals surface area contributed by atoms with Crippen LogP contribution in [0.4, 0.5) is 20.8 Å². The van der Waals surface area contributed by atoms with E-state index in [-0.39, 0.29) is 17.7 Å². The number of ether oxygens (including phenoxy) is 1. The standard InChI is InChI=1S/C30H31FN8O5/c1-30(2,3)44-29(43)33-17-21(18-8-6-5-7-9-18)27(41)37-38-28(42)22-14-20(15-23(31)35-22)26(40)19-10-12-32-24(16-19)36-25-11-13-34-39(25)4/h5-16,21H,17H2,1-4H3,(H,32,36)(H,33,43)(H,37,41)(H,38,42). The van der Waals surface area contributed by atoms with Gasteiger partial charge in [-0.15, -0.1) is 0 Å². The Morgan fingerprint density at radius 2 is 1.70 bits per heavy atom. The lowest BCUT2D eigenvalue weighted by Gasteiger charge is -2.22. The van der Waals surface area contributed by atoms with Gasteiger partial charge >= 0.3 is 6.09 Å². The van der Waals surface area contributed by atoms with E-state index in [1.165, 1.54) is 18.3 Å². The molecule has 0 saturated carbocycles. The summed E-state index contributed by atoms with van der Waals surface area (Å²) in [6.45, 7) is 4.98. The quantitative estimate of drug-likeness (QED) is 0.127. The number of ketones is 1. The fraction of sp³-hybridized carbons (Fsp3) is 0.233. The third kappa shape index (κ3) is 8.44. The second-order valence-electron chi connectivity index (χ2n) is 10.6. The van der Waals surface area contributed by atoms with Crippen LogP contribution < -0.4 is 21.5 Å². The predicted molar refractivity (Wildman–Crippen MR) is 157 cm³/mol. The van der Waals surface area contributed by atoms with Crippen LogP contribution in [-0.4, -0.2) is 55.6 Å². The highest BCUT2D eigenvalue weighted by Crippen LogP contribution is 2.18. The van der Waals surface area contributed by atoms with E-state index < -0.39 is 46.9 Å². The lowest BCUT2D eigenvalue weighted by molar-refractivity contribution is -0.123. The van der Waals surface area contributed by atoms with Gasteiger partial charge in [0.1, 0.15) is 22.9 Å². The van der Waals surface area contributed by atoms with E-state index in [2.05, 4.69) is 36.6 Å². The molecule has 0 fully saturated rings. The van der Waals surface area contributed by atoms with Gasteiger partial charge < -0.3 is 15.4 Å². The minimum Gasteiger partial charge on any atom is -0.444 e. The Hall–Kier alpha value is -5.66. The second kappa shape index (κ2) is 13.5. The van der Waals surface area contributed by atoms with Crippen molar-refractivity contribution in [2.45, 2.75) is 32.3 Å². The summed E-state index contributed by atoms with van der Waals surface area (Å²) < 4.78 is 21.3. The van der Waals surface area contributed by atoms with E-state index >= 15 is 0 Å². The molecule has 4 N–H and O–H groups in total. The van der Waals surface area contributed by atoms with Crippen molar-refractivity contribution in [2.24, 2.45) is 7.05 Å². The first-order chi connectivity index (χ1) is 20.9. The molecule has 0 bridgehead atoms. The van der Waals surface area contributed by atoms with Crippen LogP contribution in [0.3, 0.4) is 0 Å². The normalized spacial score (nSPS) is 11.7. The minimum absolute atomic E-state index is 0.138. The summed E-state index contributed by atoms with van der Waals surface area (Å²) in [5.41, 5.74) is 3.89. The zero-order chi connectivity index (χ0) is 31.9. The van der Waals surface area contributed by atoms with Gasteiger partial charge in [0.15, 0.2) is 5.78 Å². The van der Waals surface area contributed by atoms with Crippen molar-refractivity contribution in [1.82, 2.24) is 35.9 Å². The van der Waals surface area contributed by atoms with Crippen molar-refractivity contribution >= 4 is 35.3 Å². The van der Waals surface area contributed by atoms with Crippen LogP contribution in [0.2, 0.25) is 0 Å². The Morgan fingerprint density at radius 3 is 2.39 bits per heavy atom. The summed E-state index contributed by atoms with van der Waals surface area (Å²) in [7, 11) is 1.73. The van der Waals surface area contributed by atoms with Crippen LogP contribution in [0, 0.1) is 5.95 Å². The van der Waals surface area contributed by atoms with E-state index in [4.69, 9.17) is 4.74 Å². The topological polar surface area (TPSA) is 169 Å². The molecule has 13 nitrogen and oxygen atoms in total. The van der Waals surface area contributed by atoms with Crippen molar-refractivity contribution < 1.29 is 28.3 Å². The summed E-state index contributed by atoms with van der Waals surface area (Å²) in [6, 6.07) is 15.2. The SMILES string of the molecule is Cn1nccc1Nc1cc(C(=O)c2cc(F)nc(C(=O)NNC(=O)C(CNC(=O)OC(C)(C)C)c3ccccc3)c2)ccn1. The van der Waals surface area contributed by atoms with Gasteiger partial charge in [0.25, 0.3) is 5.91 Å². The number of hydrogen-bond donors (Lipinski definition) is 4. The molecule has 0 spiro atoms. The van der Waals surface area contributed by atoms with Gasteiger partial charge in [-0.2, -0.15) is 9.49 Å². The molecule has 44 heavy (non-hydrogen) atoms. The molecule has 4 aromatic rings. The molecule has 0 saturated heterocycles. The number of nitrogens with zero attached hydrogens (tertiary/aromatic N) is 4. The Morgan fingerprint density at radius 1 is 0.955 bits per heavy atom. The fourth-order valence-corrected chi connectivity index (χ4v) is 4.00. The van der Waals surface area contributed by atoms with Gasteiger partial charge in [0.05, 0.1) is 12.1 Å².